The number of hydrogen-bond donors (Lipinski definition) is 0. The van der Waals surface area contributed by atoms with Gasteiger partial charge in [-0.15, -0.1) is 0 Å². The lowest BCUT2D eigenvalue weighted by Gasteiger charge is -2.55. The maximum absolute atomic E-state index is 2.62. The molecule has 0 aromatic rings. The topological polar surface area (TPSA) is 3.24 Å². The fraction of sp³-hybridized carbons (Fsp3) is 1.00. The zero-order chi connectivity index (χ0) is 9.57. The molecule has 72 valence electrons. The molecule has 1 rings (SSSR count). The predicted octanol–water partition coefficient (Wildman–Crippen LogP) is 2.91. The Morgan fingerprint density at radius 3 is 1.58 bits per heavy atom. The minimum atomic E-state index is 0.357. The summed E-state index contributed by atoms with van der Waals surface area (Å²) in [5.74, 6) is 0. The van der Waals surface area contributed by atoms with Crippen molar-refractivity contribution in [2.45, 2.75) is 59.5 Å². The van der Waals surface area contributed by atoms with E-state index in [1.807, 2.05) is 0 Å². The molecule has 0 spiro atoms. The smallest absolute Gasteiger partial charge is 0.0161 e. The monoisotopic (exact) mass is 169 g/mol. The Labute approximate surface area is 77.1 Å². The van der Waals surface area contributed by atoms with Crippen molar-refractivity contribution in [2.24, 2.45) is 5.41 Å². The summed E-state index contributed by atoms with van der Waals surface area (Å²) in [7, 11) is 0. The Balaban J connectivity index is 2.62. The van der Waals surface area contributed by atoms with Gasteiger partial charge in [-0.25, -0.2) is 0 Å². The van der Waals surface area contributed by atoms with Crippen LogP contribution in [0.25, 0.3) is 0 Å². The number of likely N-dealkylation sites (tertiary alicyclic amines) is 1. The first-order valence-electron chi connectivity index (χ1n) is 4.99. The van der Waals surface area contributed by atoms with Crippen LogP contribution in [0.3, 0.4) is 0 Å². The number of rotatable bonds is 0. The van der Waals surface area contributed by atoms with Gasteiger partial charge < -0.3 is 0 Å². The van der Waals surface area contributed by atoms with Gasteiger partial charge in [0, 0.05) is 18.1 Å². The van der Waals surface area contributed by atoms with E-state index in [-0.39, 0.29) is 0 Å². The lowest BCUT2D eigenvalue weighted by molar-refractivity contribution is -0.0530. The van der Waals surface area contributed by atoms with Crippen molar-refractivity contribution in [1.29, 1.82) is 0 Å². The van der Waals surface area contributed by atoms with Crippen LogP contribution in [0, 0.1) is 5.41 Å². The van der Waals surface area contributed by atoms with Crippen LogP contribution in [0.2, 0.25) is 0 Å². The highest BCUT2D eigenvalue weighted by Crippen LogP contribution is 2.38. The highest BCUT2D eigenvalue weighted by Gasteiger charge is 2.42. The second-order valence-corrected chi connectivity index (χ2v) is 6.03. The lowest BCUT2D eigenvalue weighted by atomic mass is 9.76. The van der Waals surface area contributed by atoms with Crippen LogP contribution in [0.5, 0.6) is 0 Å². The first-order chi connectivity index (χ1) is 5.23. The van der Waals surface area contributed by atoms with Gasteiger partial charge in [-0.3, -0.25) is 4.90 Å². The van der Waals surface area contributed by atoms with Crippen LogP contribution >= 0.6 is 0 Å². The summed E-state index contributed by atoms with van der Waals surface area (Å²) >= 11 is 0. The van der Waals surface area contributed by atoms with Crippen LogP contribution in [0.1, 0.15) is 48.0 Å². The van der Waals surface area contributed by atoms with Crippen molar-refractivity contribution in [2.75, 3.05) is 6.54 Å². The third kappa shape index (κ3) is 1.82. The minimum absolute atomic E-state index is 0.357. The van der Waals surface area contributed by atoms with Crippen molar-refractivity contribution in [3.63, 3.8) is 0 Å². The van der Waals surface area contributed by atoms with Gasteiger partial charge in [0.2, 0.25) is 0 Å². The summed E-state index contributed by atoms with van der Waals surface area (Å²) in [6.07, 6.45) is 1.38. The Bertz CT molecular complexity index is 139. The predicted molar refractivity (Wildman–Crippen MR) is 54.3 cm³/mol. The van der Waals surface area contributed by atoms with Crippen molar-refractivity contribution in [1.82, 2.24) is 4.90 Å². The van der Waals surface area contributed by atoms with E-state index in [2.05, 4.69) is 46.4 Å². The normalized spacial score (nSPS) is 27.0. The van der Waals surface area contributed by atoms with Gasteiger partial charge >= 0.3 is 0 Å². The molecular weight excluding hydrogens is 146 g/mol. The molecular formula is C11H23N. The Hall–Kier alpha value is -0.0400. The van der Waals surface area contributed by atoms with Gasteiger partial charge in [-0.1, -0.05) is 20.8 Å². The quantitative estimate of drug-likeness (QED) is 0.539. The molecule has 0 bridgehead atoms. The first kappa shape index (κ1) is 10.0. The highest BCUT2D eigenvalue weighted by atomic mass is 15.3. The van der Waals surface area contributed by atoms with E-state index in [0.29, 0.717) is 11.0 Å². The molecule has 0 saturated carbocycles. The molecule has 0 aromatic carbocycles. The Morgan fingerprint density at radius 1 is 1.00 bits per heavy atom. The molecule has 0 aliphatic carbocycles. The number of nitrogens with zero attached hydrogens (tertiary/aromatic N) is 1. The molecule has 1 heterocycles. The van der Waals surface area contributed by atoms with Crippen LogP contribution in [0.15, 0.2) is 0 Å². The van der Waals surface area contributed by atoms with Gasteiger partial charge in [-0.2, -0.15) is 0 Å². The summed E-state index contributed by atoms with van der Waals surface area (Å²) in [6.45, 7) is 15.2. The molecule has 1 saturated heterocycles. The van der Waals surface area contributed by atoms with E-state index in [0.717, 1.165) is 6.04 Å². The van der Waals surface area contributed by atoms with Crippen molar-refractivity contribution in [3.05, 3.63) is 0 Å². The van der Waals surface area contributed by atoms with Gasteiger partial charge in [0.15, 0.2) is 0 Å². The molecule has 0 unspecified atom stereocenters. The molecule has 1 aliphatic rings. The fourth-order valence-electron chi connectivity index (χ4n) is 2.09. The summed E-state index contributed by atoms with van der Waals surface area (Å²) in [4.78, 5) is 2.62. The number of hydrogen-bond acceptors (Lipinski definition) is 1. The molecule has 0 aromatic heterocycles. The van der Waals surface area contributed by atoms with E-state index in [1.165, 1.54) is 13.0 Å². The zero-order valence-corrected chi connectivity index (χ0v) is 9.44. The van der Waals surface area contributed by atoms with Gasteiger partial charge in [0.25, 0.3) is 0 Å². The summed E-state index contributed by atoms with van der Waals surface area (Å²) in [6, 6.07) is 0.789. The molecule has 12 heavy (non-hydrogen) atoms. The molecule has 1 atom stereocenters. The largest absolute Gasteiger partial charge is 0.295 e. The van der Waals surface area contributed by atoms with Crippen molar-refractivity contribution >= 4 is 0 Å². The second-order valence-electron chi connectivity index (χ2n) is 6.03. The third-order valence-electron chi connectivity index (χ3n) is 2.88. The SMILES string of the molecule is CC(C)(C)[C@@H]1CCN1C(C)(C)C. The van der Waals surface area contributed by atoms with Crippen molar-refractivity contribution in [3.8, 4) is 0 Å². The average Bonchev–Trinajstić information content (AvgIpc) is 1.46. The summed E-state index contributed by atoms with van der Waals surface area (Å²) < 4.78 is 0. The molecule has 1 fully saturated rings. The zero-order valence-electron chi connectivity index (χ0n) is 9.44. The fourth-order valence-corrected chi connectivity index (χ4v) is 2.09. The third-order valence-corrected chi connectivity index (χ3v) is 2.88. The Kier molecular flexibility index (Phi) is 2.28. The maximum atomic E-state index is 2.62. The van der Waals surface area contributed by atoms with Crippen LogP contribution in [-0.2, 0) is 0 Å². The van der Waals surface area contributed by atoms with E-state index < -0.39 is 0 Å². The first-order valence-corrected chi connectivity index (χ1v) is 4.99. The lowest BCUT2D eigenvalue weighted by Crippen LogP contribution is -2.61. The van der Waals surface area contributed by atoms with E-state index in [1.54, 1.807) is 0 Å². The standard InChI is InChI=1S/C11H23N/c1-10(2,3)9-7-8-12(9)11(4,5)6/h9H,7-8H2,1-6H3/t9-/m0/s1. The van der Waals surface area contributed by atoms with Crippen LogP contribution in [-0.4, -0.2) is 23.0 Å². The molecule has 1 nitrogen and oxygen atoms in total. The minimum Gasteiger partial charge on any atom is -0.295 e. The molecule has 1 aliphatic heterocycles. The van der Waals surface area contributed by atoms with Gasteiger partial charge in [0.1, 0.15) is 0 Å². The molecule has 0 amide bonds. The summed E-state index contributed by atoms with van der Waals surface area (Å²) in [5.41, 5.74) is 0.807. The molecule has 0 N–H and O–H groups in total. The van der Waals surface area contributed by atoms with Crippen molar-refractivity contribution < 1.29 is 0 Å². The van der Waals surface area contributed by atoms with Gasteiger partial charge in [-0.05, 0) is 32.6 Å². The maximum Gasteiger partial charge on any atom is 0.0161 e. The van der Waals surface area contributed by atoms with Crippen LogP contribution < -0.4 is 0 Å². The van der Waals surface area contributed by atoms with E-state index in [4.69, 9.17) is 0 Å². The molecule has 1 heteroatoms. The van der Waals surface area contributed by atoms with Crippen LogP contribution in [0.4, 0.5) is 0 Å². The van der Waals surface area contributed by atoms with Gasteiger partial charge in [0.05, 0.1) is 0 Å². The molecule has 0 radical (unpaired) electrons. The second kappa shape index (κ2) is 2.73. The highest BCUT2D eigenvalue weighted by molar-refractivity contribution is 4.96. The van der Waals surface area contributed by atoms with E-state index in [9.17, 15) is 0 Å². The average molecular weight is 169 g/mol. The Morgan fingerprint density at radius 2 is 1.50 bits per heavy atom. The van der Waals surface area contributed by atoms with E-state index >= 15 is 0 Å². The summed E-state index contributed by atoms with van der Waals surface area (Å²) in [5, 5.41) is 0.